The number of aliphatic carboxylic acids is 1. The molecule has 1 rings (SSSR count). The van der Waals surface area contributed by atoms with Crippen LogP contribution in [0.15, 0.2) is 17.0 Å². The van der Waals surface area contributed by atoms with Crippen molar-refractivity contribution in [2.75, 3.05) is 0 Å². The molecule has 0 heterocycles. The van der Waals surface area contributed by atoms with Crippen LogP contribution in [0, 0.1) is 17.5 Å². The topological polar surface area (TPSA) is 127 Å². The van der Waals surface area contributed by atoms with Crippen molar-refractivity contribution < 1.29 is 36.3 Å². The summed E-state index contributed by atoms with van der Waals surface area (Å²) in [5.41, 5.74) is 4.74. The van der Waals surface area contributed by atoms with Crippen molar-refractivity contribution >= 4 is 21.9 Å². The first kappa shape index (κ1) is 16.9. The van der Waals surface area contributed by atoms with Crippen molar-refractivity contribution in [3.8, 4) is 0 Å². The Labute approximate surface area is 116 Å². The molecular weight excluding hydrogens is 317 g/mol. The third kappa shape index (κ3) is 3.92. The SMILES string of the molecule is NC(=O)C[C@@H](NS(=O)(=O)c1ccc(F)c(F)c1F)C(=O)O. The summed E-state index contributed by atoms with van der Waals surface area (Å²) in [7, 11) is -4.84. The van der Waals surface area contributed by atoms with Crippen LogP contribution >= 0.6 is 0 Å². The van der Waals surface area contributed by atoms with Gasteiger partial charge in [-0.1, -0.05) is 0 Å². The Hall–Kier alpha value is -2.14. The van der Waals surface area contributed by atoms with Gasteiger partial charge < -0.3 is 10.8 Å². The number of amides is 1. The Morgan fingerprint density at radius 2 is 1.81 bits per heavy atom. The Kier molecular flexibility index (Phi) is 4.91. The first-order valence-corrected chi connectivity index (χ1v) is 6.71. The summed E-state index contributed by atoms with van der Waals surface area (Å²) in [5, 5.41) is 8.74. The van der Waals surface area contributed by atoms with Gasteiger partial charge in [0.15, 0.2) is 17.5 Å². The zero-order valence-corrected chi connectivity index (χ0v) is 11.0. The number of sulfonamides is 1. The predicted octanol–water partition coefficient (Wildman–Crippen LogP) is -0.289. The van der Waals surface area contributed by atoms with Gasteiger partial charge in [0.1, 0.15) is 10.9 Å². The minimum absolute atomic E-state index is 0.358. The Bertz CT molecular complexity index is 692. The van der Waals surface area contributed by atoms with Crippen LogP contribution in [0.2, 0.25) is 0 Å². The molecule has 0 aliphatic carbocycles. The van der Waals surface area contributed by atoms with Crippen molar-refractivity contribution in [2.24, 2.45) is 5.73 Å². The van der Waals surface area contributed by atoms with Gasteiger partial charge in [-0.05, 0) is 12.1 Å². The molecule has 0 radical (unpaired) electrons. The second-order valence-corrected chi connectivity index (χ2v) is 5.54. The highest BCUT2D eigenvalue weighted by atomic mass is 32.2. The average Bonchev–Trinajstić information content (AvgIpc) is 2.33. The van der Waals surface area contributed by atoms with Gasteiger partial charge in [-0.15, -0.1) is 0 Å². The molecule has 0 aliphatic rings. The summed E-state index contributed by atoms with van der Waals surface area (Å²) < 4.78 is 64.1. The summed E-state index contributed by atoms with van der Waals surface area (Å²) in [6.45, 7) is 0. The Morgan fingerprint density at radius 1 is 1.24 bits per heavy atom. The minimum atomic E-state index is -4.84. The average molecular weight is 326 g/mol. The van der Waals surface area contributed by atoms with Crippen molar-refractivity contribution in [3.63, 3.8) is 0 Å². The first-order valence-electron chi connectivity index (χ1n) is 5.23. The van der Waals surface area contributed by atoms with Crippen LogP contribution in [0.1, 0.15) is 6.42 Å². The molecule has 0 spiro atoms. The molecular formula is C10H9F3N2O5S. The lowest BCUT2D eigenvalue weighted by Gasteiger charge is -2.13. The van der Waals surface area contributed by atoms with Gasteiger partial charge in [0, 0.05) is 0 Å². The maximum atomic E-state index is 13.4. The maximum absolute atomic E-state index is 13.4. The number of nitrogens with one attached hydrogen (secondary N) is 1. The van der Waals surface area contributed by atoms with Crippen LogP contribution < -0.4 is 10.5 Å². The second-order valence-electron chi connectivity index (χ2n) is 3.86. The molecule has 0 aliphatic heterocycles. The smallest absolute Gasteiger partial charge is 0.322 e. The molecule has 1 aromatic rings. The second kappa shape index (κ2) is 6.10. The van der Waals surface area contributed by atoms with E-state index in [1.54, 1.807) is 0 Å². The fourth-order valence-electron chi connectivity index (χ4n) is 1.35. The molecule has 1 aromatic carbocycles. The van der Waals surface area contributed by atoms with E-state index in [-0.39, 0.29) is 0 Å². The molecule has 0 bridgehead atoms. The van der Waals surface area contributed by atoms with Crippen molar-refractivity contribution in [2.45, 2.75) is 17.4 Å². The molecule has 116 valence electrons. The first-order chi connectivity index (χ1) is 9.56. The number of carbonyl (C=O) groups excluding carboxylic acids is 1. The van der Waals surface area contributed by atoms with E-state index < -0.39 is 56.7 Å². The summed E-state index contributed by atoms with van der Waals surface area (Å²) in [6.07, 6.45) is -0.903. The molecule has 7 nitrogen and oxygen atoms in total. The molecule has 0 aromatic heterocycles. The molecule has 1 atom stereocenters. The van der Waals surface area contributed by atoms with Gasteiger partial charge >= 0.3 is 5.97 Å². The zero-order chi connectivity index (χ0) is 16.4. The summed E-state index contributed by atoms with van der Waals surface area (Å²) in [6, 6.07) is -1.20. The number of nitrogens with two attached hydrogens (primary N) is 1. The summed E-state index contributed by atoms with van der Waals surface area (Å²) >= 11 is 0. The Morgan fingerprint density at radius 3 is 2.29 bits per heavy atom. The van der Waals surface area contributed by atoms with Gasteiger partial charge in [0.2, 0.25) is 15.9 Å². The molecule has 0 fully saturated rings. The number of primary amides is 1. The fourth-order valence-corrected chi connectivity index (χ4v) is 2.61. The number of hydrogen-bond donors (Lipinski definition) is 3. The van der Waals surface area contributed by atoms with Crippen molar-refractivity contribution in [1.82, 2.24) is 4.72 Å². The highest BCUT2D eigenvalue weighted by Gasteiger charge is 2.30. The molecule has 0 saturated carbocycles. The number of carboxylic acids is 1. The largest absolute Gasteiger partial charge is 0.480 e. The number of benzene rings is 1. The van der Waals surface area contributed by atoms with E-state index in [9.17, 15) is 31.2 Å². The van der Waals surface area contributed by atoms with Crippen LogP contribution in [0.5, 0.6) is 0 Å². The normalized spacial score (nSPS) is 12.9. The van der Waals surface area contributed by atoms with Crippen LogP contribution in [-0.2, 0) is 19.6 Å². The van der Waals surface area contributed by atoms with E-state index in [1.807, 2.05) is 0 Å². The number of hydrogen-bond acceptors (Lipinski definition) is 4. The van der Waals surface area contributed by atoms with Gasteiger partial charge in [-0.25, -0.2) is 21.6 Å². The predicted molar refractivity (Wildman–Crippen MR) is 61.9 cm³/mol. The van der Waals surface area contributed by atoms with E-state index in [4.69, 9.17) is 10.8 Å². The van der Waals surface area contributed by atoms with Crippen LogP contribution in [0.3, 0.4) is 0 Å². The highest BCUT2D eigenvalue weighted by Crippen LogP contribution is 2.20. The summed E-state index contributed by atoms with van der Waals surface area (Å²) in [4.78, 5) is 20.1. The minimum Gasteiger partial charge on any atom is -0.480 e. The standard InChI is InChI=1S/C10H9F3N2O5S/c11-4-1-2-6(9(13)8(4)12)21(19,20)15-5(10(17)18)3-7(14)16/h1-2,5,15H,3H2,(H2,14,16)(H,17,18)/t5-/m1/s1. The lowest BCUT2D eigenvalue weighted by molar-refractivity contribution is -0.140. The van der Waals surface area contributed by atoms with E-state index in [1.165, 1.54) is 4.72 Å². The van der Waals surface area contributed by atoms with Gasteiger partial charge in [-0.3, -0.25) is 9.59 Å². The van der Waals surface area contributed by atoms with Crippen LogP contribution in [0.25, 0.3) is 0 Å². The van der Waals surface area contributed by atoms with E-state index in [0.29, 0.717) is 12.1 Å². The number of carboxylic acid groups (broad SMARTS) is 1. The molecule has 0 unspecified atom stereocenters. The lowest BCUT2D eigenvalue weighted by atomic mass is 10.2. The maximum Gasteiger partial charge on any atom is 0.322 e. The lowest BCUT2D eigenvalue weighted by Crippen LogP contribution is -2.43. The number of carbonyl (C=O) groups is 2. The quantitative estimate of drug-likeness (QED) is 0.619. The molecule has 21 heavy (non-hydrogen) atoms. The van der Waals surface area contributed by atoms with Crippen molar-refractivity contribution in [3.05, 3.63) is 29.6 Å². The van der Waals surface area contributed by atoms with E-state index in [0.717, 1.165) is 0 Å². The van der Waals surface area contributed by atoms with Gasteiger partial charge in [-0.2, -0.15) is 4.72 Å². The Balaban J connectivity index is 3.20. The monoisotopic (exact) mass is 326 g/mol. The third-order valence-corrected chi connectivity index (χ3v) is 3.78. The zero-order valence-electron chi connectivity index (χ0n) is 10.1. The molecule has 0 saturated heterocycles. The van der Waals surface area contributed by atoms with Crippen molar-refractivity contribution in [1.29, 1.82) is 0 Å². The van der Waals surface area contributed by atoms with Crippen LogP contribution in [0.4, 0.5) is 13.2 Å². The van der Waals surface area contributed by atoms with Gasteiger partial charge in [0.05, 0.1) is 6.42 Å². The summed E-state index contributed by atoms with van der Waals surface area (Å²) in [5.74, 6) is -8.53. The molecule has 4 N–H and O–H groups in total. The highest BCUT2D eigenvalue weighted by molar-refractivity contribution is 7.89. The number of rotatable bonds is 6. The molecule has 11 heteroatoms. The fraction of sp³-hybridized carbons (Fsp3) is 0.200. The van der Waals surface area contributed by atoms with E-state index in [2.05, 4.69) is 0 Å². The van der Waals surface area contributed by atoms with E-state index >= 15 is 0 Å². The van der Waals surface area contributed by atoms with Gasteiger partial charge in [0.25, 0.3) is 0 Å². The van der Waals surface area contributed by atoms with Crippen LogP contribution in [-0.4, -0.2) is 31.4 Å². The molecule has 1 amide bonds. The number of halogens is 3. The third-order valence-electron chi connectivity index (χ3n) is 2.29.